The first-order chi connectivity index (χ1) is 14.2. The van der Waals surface area contributed by atoms with E-state index < -0.39 is 12.6 Å². The highest BCUT2D eigenvalue weighted by Crippen LogP contribution is 2.30. The van der Waals surface area contributed by atoms with Crippen molar-refractivity contribution in [2.45, 2.75) is 38.4 Å². The van der Waals surface area contributed by atoms with E-state index in [4.69, 9.17) is 0 Å². The summed E-state index contributed by atoms with van der Waals surface area (Å²) in [5, 5.41) is 10.7. The van der Waals surface area contributed by atoms with Crippen molar-refractivity contribution in [3.05, 3.63) is 52.8 Å². The lowest BCUT2D eigenvalue weighted by Gasteiger charge is -2.13. The summed E-state index contributed by atoms with van der Waals surface area (Å²) in [4.78, 5) is 4.39. The number of aromatic nitrogens is 3. The van der Waals surface area contributed by atoms with E-state index in [0.717, 1.165) is 28.1 Å². The van der Waals surface area contributed by atoms with E-state index >= 15 is 0 Å². The number of fused-ring (bicyclic) bond motifs is 1. The van der Waals surface area contributed by atoms with Crippen LogP contribution in [0.4, 0.5) is 18.9 Å². The molecule has 0 spiro atoms. The standard InChI is InChI=1S/C21H21BrF3N5/c1-12-9-14(3-6-16(12)13(2)28-15-4-5-15)18-11-27-20-17(10-19(22)29-30(18)20)26-8-7-21(23,24)25/h3,6,9-11,15,26,28H,2,4-5,7-8H2,1H3. The fourth-order valence-corrected chi connectivity index (χ4v) is 3.71. The minimum Gasteiger partial charge on any atom is -0.382 e. The molecule has 0 amide bonds. The lowest BCUT2D eigenvalue weighted by Crippen LogP contribution is -2.15. The smallest absolute Gasteiger partial charge is 0.382 e. The number of aryl methyl sites for hydroxylation is 1. The summed E-state index contributed by atoms with van der Waals surface area (Å²) >= 11 is 3.34. The van der Waals surface area contributed by atoms with Gasteiger partial charge in [0.2, 0.25) is 0 Å². The molecule has 1 aromatic carbocycles. The second-order valence-electron chi connectivity index (χ2n) is 7.48. The van der Waals surface area contributed by atoms with E-state index in [2.05, 4.69) is 43.2 Å². The van der Waals surface area contributed by atoms with Gasteiger partial charge in [-0.1, -0.05) is 18.7 Å². The molecule has 0 bridgehead atoms. The number of anilines is 1. The first kappa shape index (κ1) is 20.7. The molecular formula is C21H21BrF3N5. The molecule has 1 fully saturated rings. The fraction of sp³-hybridized carbons (Fsp3) is 0.333. The average molecular weight is 480 g/mol. The molecule has 2 heterocycles. The number of imidazole rings is 1. The third-order valence-electron chi connectivity index (χ3n) is 4.96. The monoisotopic (exact) mass is 479 g/mol. The van der Waals surface area contributed by atoms with Crippen LogP contribution in [0.25, 0.3) is 22.6 Å². The van der Waals surface area contributed by atoms with Crippen LogP contribution in [0.2, 0.25) is 0 Å². The Morgan fingerprint density at radius 2 is 2.07 bits per heavy atom. The van der Waals surface area contributed by atoms with Crippen molar-refractivity contribution in [2.75, 3.05) is 11.9 Å². The maximum Gasteiger partial charge on any atom is 0.390 e. The Hall–Kier alpha value is -2.55. The highest BCUT2D eigenvalue weighted by Gasteiger charge is 2.26. The van der Waals surface area contributed by atoms with Crippen LogP contribution in [0, 0.1) is 6.92 Å². The second-order valence-corrected chi connectivity index (χ2v) is 8.29. The van der Waals surface area contributed by atoms with Crippen molar-refractivity contribution < 1.29 is 13.2 Å². The first-order valence-corrected chi connectivity index (χ1v) is 10.4. The summed E-state index contributed by atoms with van der Waals surface area (Å²) in [6, 6.07) is 8.19. The Bertz CT molecular complexity index is 1100. The molecule has 1 aliphatic carbocycles. The number of hydrogen-bond acceptors (Lipinski definition) is 4. The van der Waals surface area contributed by atoms with Gasteiger partial charge in [-0.2, -0.15) is 18.3 Å². The van der Waals surface area contributed by atoms with Gasteiger partial charge in [0.15, 0.2) is 5.65 Å². The number of halogens is 4. The van der Waals surface area contributed by atoms with Crippen molar-refractivity contribution in [1.82, 2.24) is 19.9 Å². The number of nitrogens with one attached hydrogen (secondary N) is 2. The van der Waals surface area contributed by atoms with Crippen LogP contribution in [-0.4, -0.2) is 33.4 Å². The number of benzene rings is 1. The average Bonchev–Trinajstić information content (AvgIpc) is 3.36. The van der Waals surface area contributed by atoms with Crippen LogP contribution in [-0.2, 0) is 0 Å². The van der Waals surface area contributed by atoms with Gasteiger partial charge >= 0.3 is 6.18 Å². The summed E-state index contributed by atoms with van der Waals surface area (Å²) < 4.78 is 39.6. The van der Waals surface area contributed by atoms with Gasteiger partial charge in [-0.05, 0) is 59.0 Å². The van der Waals surface area contributed by atoms with Crippen molar-refractivity contribution in [2.24, 2.45) is 0 Å². The normalized spacial score (nSPS) is 14.2. The van der Waals surface area contributed by atoms with Crippen LogP contribution in [0.1, 0.15) is 30.4 Å². The highest BCUT2D eigenvalue weighted by molar-refractivity contribution is 9.10. The maximum atomic E-state index is 12.5. The predicted octanol–water partition coefficient (Wildman–Crippen LogP) is 5.55. The molecule has 0 saturated heterocycles. The van der Waals surface area contributed by atoms with Crippen LogP contribution in [0.15, 0.2) is 41.6 Å². The predicted molar refractivity (Wildman–Crippen MR) is 115 cm³/mol. The Morgan fingerprint density at radius 3 is 2.73 bits per heavy atom. The largest absolute Gasteiger partial charge is 0.390 e. The van der Waals surface area contributed by atoms with Gasteiger partial charge in [0.05, 0.1) is 24.0 Å². The molecule has 2 N–H and O–H groups in total. The topological polar surface area (TPSA) is 54.2 Å². The molecule has 0 unspecified atom stereocenters. The molecule has 30 heavy (non-hydrogen) atoms. The van der Waals surface area contributed by atoms with Crippen LogP contribution >= 0.6 is 15.9 Å². The molecule has 5 nitrogen and oxygen atoms in total. The van der Waals surface area contributed by atoms with Gasteiger partial charge in [-0.15, -0.1) is 0 Å². The van der Waals surface area contributed by atoms with Gasteiger partial charge in [0, 0.05) is 23.8 Å². The lowest BCUT2D eigenvalue weighted by molar-refractivity contribution is -0.131. The molecule has 3 aromatic rings. The molecule has 1 saturated carbocycles. The van der Waals surface area contributed by atoms with Crippen molar-refractivity contribution >= 4 is 33.0 Å². The third kappa shape index (κ3) is 4.61. The fourth-order valence-electron chi connectivity index (χ4n) is 3.32. The number of hydrogen-bond donors (Lipinski definition) is 2. The molecule has 4 rings (SSSR count). The van der Waals surface area contributed by atoms with Crippen molar-refractivity contribution in [3.63, 3.8) is 0 Å². The van der Waals surface area contributed by atoms with Crippen LogP contribution < -0.4 is 10.6 Å². The van der Waals surface area contributed by atoms with E-state index in [1.807, 2.05) is 25.1 Å². The Balaban J connectivity index is 1.63. The molecule has 0 radical (unpaired) electrons. The van der Waals surface area contributed by atoms with Gasteiger partial charge in [0.25, 0.3) is 0 Å². The van der Waals surface area contributed by atoms with Gasteiger partial charge in [0.1, 0.15) is 4.60 Å². The van der Waals surface area contributed by atoms with E-state index in [1.54, 1.807) is 16.8 Å². The molecule has 0 aliphatic heterocycles. The first-order valence-electron chi connectivity index (χ1n) is 9.63. The molecule has 158 valence electrons. The summed E-state index contributed by atoms with van der Waals surface area (Å²) in [6.45, 7) is 5.93. The zero-order valence-electron chi connectivity index (χ0n) is 16.4. The van der Waals surface area contributed by atoms with Gasteiger partial charge < -0.3 is 10.6 Å². The van der Waals surface area contributed by atoms with Crippen LogP contribution in [0.5, 0.6) is 0 Å². The zero-order chi connectivity index (χ0) is 21.5. The maximum absolute atomic E-state index is 12.5. The Labute approximate surface area is 180 Å². The molecule has 2 aromatic heterocycles. The minimum absolute atomic E-state index is 0.234. The number of nitrogens with zero attached hydrogens (tertiary/aromatic N) is 3. The Morgan fingerprint density at radius 1 is 1.30 bits per heavy atom. The van der Waals surface area contributed by atoms with Crippen molar-refractivity contribution in [1.29, 1.82) is 0 Å². The summed E-state index contributed by atoms with van der Waals surface area (Å²) in [6.07, 6.45) is -1.11. The lowest BCUT2D eigenvalue weighted by atomic mass is 10.0. The van der Waals surface area contributed by atoms with Gasteiger partial charge in [-0.3, -0.25) is 0 Å². The van der Waals surface area contributed by atoms with E-state index in [-0.39, 0.29) is 6.54 Å². The van der Waals surface area contributed by atoms with E-state index in [9.17, 15) is 13.2 Å². The van der Waals surface area contributed by atoms with E-state index in [1.165, 1.54) is 12.8 Å². The summed E-state index contributed by atoms with van der Waals surface area (Å²) in [5.41, 5.74) is 5.66. The second kappa shape index (κ2) is 7.94. The minimum atomic E-state index is -4.22. The molecule has 0 atom stereocenters. The summed E-state index contributed by atoms with van der Waals surface area (Å²) in [5.74, 6) is 0. The van der Waals surface area contributed by atoms with Gasteiger partial charge in [-0.25, -0.2) is 9.50 Å². The Kier molecular flexibility index (Phi) is 5.48. The molecule has 9 heteroatoms. The summed E-state index contributed by atoms with van der Waals surface area (Å²) in [7, 11) is 0. The quantitative estimate of drug-likeness (QED) is 0.466. The van der Waals surface area contributed by atoms with Crippen molar-refractivity contribution in [3.8, 4) is 11.3 Å². The van der Waals surface area contributed by atoms with E-state index in [0.29, 0.717) is 22.0 Å². The number of rotatable bonds is 7. The third-order valence-corrected chi connectivity index (χ3v) is 5.35. The number of alkyl halides is 3. The molecule has 1 aliphatic rings. The van der Waals surface area contributed by atoms with Crippen LogP contribution in [0.3, 0.4) is 0 Å². The SMILES string of the molecule is C=C(NC1CC1)c1ccc(-c2cnc3c(NCCC(F)(F)F)cc(Br)nn23)cc1C. The zero-order valence-corrected chi connectivity index (χ0v) is 17.9. The molecular weight excluding hydrogens is 459 g/mol. The highest BCUT2D eigenvalue weighted by atomic mass is 79.9.